The van der Waals surface area contributed by atoms with Crippen LogP contribution in [-0.2, 0) is 11.3 Å². The van der Waals surface area contributed by atoms with Gasteiger partial charge in [0.05, 0.1) is 7.11 Å². The van der Waals surface area contributed by atoms with Crippen LogP contribution >= 0.6 is 0 Å². The average Bonchev–Trinajstić information content (AvgIpc) is 2.52. The highest BCUT2D eigenvalue weighted by molar-refractivity contribution is 5.91. The molecule has 0 atom stereocenters. The predicted molar refractivity (Wildman–Crippen MR) is 76.9 cm³/mol. The minimum Gasteiger partial charge on any atom is -0.497 e. The van der Waals surface area contributed by atoms with Crippen molar-refractivity contribution in [3.8, 4) is 5.75 Å². The smallest absolute Gasteiger partial charge is 0.244 e. The van der Waals surface area contributed by atoms with E-state index in [2.05, 4.69) is 10.3 Å². The second-order valence-electron chi connectivity index (χ2n) is 4.24. The molecule has 0 aliphatic heterocycles. The number of pyridine rings is 1. The van der Waals surface area contributed by atoms with Crippen LogP contribution in [0.15, 0.2) is 54.9 Å². The van der Waals surface area contributed by atoms with Gasteiger partial charge in [-0.1, -0.05) is 12.1 Å². The number of ether oxygens (including phenoxy) is 1. The van der Waals surface area contributed by atoms with Crippen LogP contribution in [0, 0.1) is 0 Å². The fraction of sp³-hybridized carbons (Fsp3) is 0.125. The monoisotopic (exact) mass is 269 g/mol. The number of aromatic nitrogens is 1. The van der Waals surface area contributed by atoms with Gasteiger partial charge in [0.25, 0.3) is 0 Å². The molecule has 0 spiro atoms. The van der Waals surface area contributed by atoms with Gasteiger partial charge in [-0.2, -0.15) is 0 Å². The molecule has 1 aromatic carbocycles. The minimum atomic E-state index is -0.121. The Morgan fingerprint density at radius 3 is 2.75 bits per heavy atom. The summed E-state index contributed by atoms with van der Waals surface area (Å²) in [6.45, 7) is 0.503. The van der Waals surface area contributed by atoms with Gasteiger partial charge in [-0.25, -0.2) is 4.98 Å². The van der Waals surface area contributed by atoms with E-state index in [1.54, 1.807) is 13.2 Å². The zero-order chi connectivity index (χ0) is 14.2. The van der Waals surface area contributed by atoms with Crippen LogP contribution in [0.3, 0.4) is 0 Å². The lowest BCUT2D eigenvalue weighted by Crippen LogP contribution is -2.21. The van der Waals surface area contributed by atoms with Gasteiger partial charge in [0, 0.05) is 24.3 Å². The standard InChI is InChI=1S/C16H16N2O2/c1-20-15-7-4-13(5-8-15)6-9-16(19)18-12-14-3-2-10-17-11-14/h2-11H,12H2,1H3,(H,18,19)/p+1. The number of hydrogen-bond donors (Lipinski definition) is 1. The molecule has 2 N–H and O–H groups in total. The van der Waals surface area contributed by atoms with Crippen molar-refractivity contribution in [2.24, 2.45) is 0 Å². The van der Waals surface area contributed by atoms with Gasteiger partial charge in [-0.3, -0.25) is 4.79 Å². The molecule has 1 amide bonds. The molecule has 0 aliphatic carbocycles. The summed E-state index contributed by atoms with van der Waals surface area (Å²) in [5.74, 6) is 0.677. The van der Waals surface area contributed by atoms with E-state index < -0.39 is 0 Å². The Bertz CT molecular complexity index is 577. The molecular weight excluding hydrogens is 252 g/mol. The number of carbonyl (C=O) groups is 1. The van der Waals surface area contributed by atoms with E-state index in [4.69, 9.17) is 4.74 Å². The van der Waals surface area contributed by atoms with Gasteiger partial charge >= 0.3 is 0 Å². The number of nitrogens with one attached hydrogen (secondary N) is 2. The van der Waals surface area contributed by atoms with Crippen LogP contribution in [0.25, 0.3) is 6.08 Å². The van der Waals surface area contributed by atoms with Crippen molar-refractivity contribution in [2.75, 3.05) is 7.11 Å². The van der Waals surface area contributed by atoms with Crippen LogP contribution in [0.4, 0.5) is 0 Å². The molecule has 0 fully saturated rings. The van der Waals surface area contributed by atoms with Crippen molar-refractivity contribution in [3.63, 3.8) is 0 Å². The summed E-state index contributed by atoms with van der Waals surface area (Å²) < 4.78 is 5.08. The topological polar surface area (TPSA) is 52.5 Å². The minimum absolute atomic E-state index is 0.121. The molecule has 0 aliphatic rings. The maximum Gasteiger partial charge on any atom is 0.244 e. The van der Waals surface area contributed by atoms with E-state index in [0.717, 1.165) is 16.9 Å². The summed E-state index contributed by atoms with van der Waals surface area (Å²) in [5.41, 5.74) is 1.98. The lowest BCUT2D eigenvalue weighted by molar-refractivity contribution is -0.378. The van der Waals surface area contributed by atoms with Crippen LogP contribution in [0.5, 0.6) is 5.75 Å². The van der Waals surface area contributed by atoms with Gasteiger partial charge in [0.15, 0.2) is 12.4 Å². The highest BCUT2D eigenvalue weighted by Crippen LogP contribution is 2.12. The summed E-state index contributed by atoms with van der Waals surface area (Å²) in [6, 6.07) is 11.4. The predicted octanol–water partition coefficient (Wildman–Crippen LogP) is 1.84. The summed E-state index contributed by atoms with van der Waals surface area (Å²) in [7, 11) is 1.62. The Morgan fingerprint density at radius 2 is 2.10 bits per heavy atom. The number of methoxy groups -OCH3 is 1. The number of amides is 1. The Labute approximate surface area is 118 Å². The number of carbonyl (C=O) groups excluding carboxylic acids is 1. The number of rotatable bonds is 5. The molecular formula is C16H17N2O2+. The molecule has 0 saturated heterocycles. The third kappa shape index (κ3) is 4.24. The van der Waals surface area contributed by atoms with Crippen LogP contribution in [0.1, 0.15) is 11.1 Å². The molecule has 0 unspecified atom stereocenters. The molecule has 4 nitrogen and oxygen atoms in total. The Hall–Kier alpha value is -2.62. The van der Waals surface area contributed by atoms with Crippen molar-refractivity contribution in [1.82, 2.24) is 5.32 Å². The fourth-order valence-electron chi connectivity index (χ4n) is 1.68. The van der Waals surface area contributed by atoms with Crippen molar-refractivity contribution in [3.05, 3.63) is 66.0 Å². The van der Waals surface area contributed by atoms with Gasteiger partial charge in [-0.15, -0.1) is 0 Å². The van der Waals surface area contributed by atoms with Gasteiger partial charge < -0.3 is 10.1 Å². The number of aromatic amines is 1. The first-order valence-corrected chi connectivity index (χ1v) is 6.33. The number of hydrogen-bond acceptors (Lipinski definition) is 2. The third-order valence-corrected chi connectivity index (χ3v) is 2.78. The molecule has 2 rings (SSSR count). The molecule has 1 heterocycles. The zero-order valence-electron chi connectivity index (χ0n) is 11.3. The maximum absolute atomic E-state index is 11.7. The molecule has 1 aromatic heterocycles. The molecule has 102 valence electrons. The van der Waals surface area contributed by atoms with Crippen molar-refractivity contribution in [2.45, 2.75) is 6.54 Å². The Balaban J connectivity index is 1.85. The normalized spacial score (nSPS) is 10.4. The molecule has 4 heteroatoms. The zero-order valence-corrected chi connectivity index (χ0v) is 11.3. The van der Waals surface area contributed by atoms with E-state index in [9.17, 15) is 4.79 Å². The lowest BCUT2D eigenvalue weighted by Gasteiger charge is -2.00. The van der Waals surface area contributed by atoms with Crippen molar-refractivity contribution >= 4 is 12.0 Å². The quantitative estimate of drug-likeness (QED) is 0.842. The fourth-order valence-corrected chi connectivity index (χ4v) is 1.68. The summed E-state index contributed by atoms with van der Waals surface area (Å²) in [5, 5.41) is 2.82. The van der Waals surface area contributed by atoms with Gasteiger partial charge in [-0.05, 0) is 29.8 Å². The number of H-pyrrole nitrogens is 1. The maximum atomic E-state index is 11.7. The van der Waals surface area contributed by atoms with E-state index in [1.165, 1.54) is 6.08 Å². The molecule has 2 aromatic rings. The first kappa shape index (κ1) is 13.8. The van der Waals surface area contributed by atoms with E-state index >= 15 is 0 Å². The highest BCUT2D eigenvalue weighted by atomic mass is 16.5. The average molecular weight is 269 g/mol. The van der Waals surface area contributed by atoms with E-state index in [0.29, 0.717) is 6.54 Å². The van der Waals surface area contributed by atoms with Crippen molar-refractivity contribution < 1.29 is 14.5 Å². The van der Waals surface area contributed by atoms with Crippen LogP contribution in [0.2, 0.25) is 0 Å². The molecule has 0 saturated carbocycles. The second kappa shape index (κ2) is 7.09. The van der Waals surface area contributed by atoms with Crippen molar-refractivity contribution in [1.29, 1.82) is 0 Å². The SMILES string of the molecule is COc1ccc(C=CC(=O)NCc2ccc[nH+]c2)cc1. The third-order valence-electron chi connectivity index (χ3n) is 2.78. The summed E-state index contributed by atoms with van der Waals surface area (Å²) in [6.07, 6.45) is 6.97. The second-order valence-corrected chi connectivity index (χ2v) is 4.24. The lowest BCUT2D eigenvalue weighted by atomic mass is 10.2. The van der Waals surface area contributed by atoms with Gasteiger partial charge in [0.2, 0.25) is 5.91 Å². The van der Waals surface area contributed by atoms with E-state index in [1.807, 2.05) is 48.8 Å². The number of benzene rings is 1. The first-order valence-electron chi connectivity index (χ1n) is 6.33. The van der Waals surface area contributed by atoms with Crippen LogP contribution < -0.4 is 15.0 Å². The molecule has 0 radical (unpaired) electrons. The highest BCUT2D eigenvalue weighted by Gasteiger charge is 1.98. The first-order chi connectivity index (χ1) is 9.78. The largest absolute Gasteiger partial charge is 0.497 e. The molecule has 20 heavy (non-hydrogen) atoms. The van der Waals surface area contributed by atoms with Gasteiger partial charge in [0.1, 0.15) is 5.75 Å². The Morgan fingerprint density at radius 1 is 1.30 bits per heavy atom. The molecule has 0 bridgehead atoms. The Kier molecular flexibility index (Phi) is 4.89. The van der Waals surface area contributed by atoms with Crippen LogP contribution in [-0.4, -0.2) is 13.0 Å². The van der Waals surface area contributed by atoms with E-state index in [-0.39, 0.29) is 5.91 Å². The summed E-state index contributed by atoms with van der Waals surface area (Å²) in [4.78, 5) is 14.7. The summed E-state index contributed by atoms with van der Waals surface area (Å²) >= 11 is 0.